The van der Waals surface area contributed by atoms with E-state index < -0.39 is 12.1 Å². The first kappa shape index (κ1) is 16.8. The summed E-state index contributed by atoms with van der Waals surface area (Å²) in [7, 11) is 0. The Morgan fingerprint density at radius 2 is 1.42 bits per heavy atom. The third-order valence-corrected chi connectivity index (χ3v) is 4.51. The van der Waals surface area contributed by atoms with Gasteiger partial charge in [0.25, 0.3) is 0 Å². The molecule has 0 saturated heterocycles. The first-order chi connectivity index (χ1) is 9.05. The summed E-state index contributed by atoms with van der Waals surface area (Å²) in [5.74, 6) is -1.09. The average Bonchev–Trinajstić information content (AvgIpc) is 2.81. The number of unbranched alkanes of at least 4 members (excludes halogenated alkanes) is 7. The van der Waals surface area contributed by atoms with Crippen molar-refractivity contribution < 1.29 is 13.2 Å². The Labute approximate surface area is 116 Å². The molecular weight excluding hydrogens is 249 g/mol. The molecule has 1 fully saturated rings. The van der Waals surface area contributed by atoms with Crippen LogP contribution in [0.5, 0.6) is 0 Å². The number of alkyl halides is 3. The molecule has 114 valence electrons. The minimum absolute atomic E-state index is 0.0832. The largest absolute Gasteiger partial charge is 0.392 e. The number of halogens is 3. The average molecular weight is 278 g/mol. The Bertz CT molecular complexity index is 223. The highest BCUT2D eigenvalue weighted by molar-refractivity contribution is 4.82. The predicted molar refractivity (Wildman–Crippen MR) is 74.1 cm³/mol. The molecule has 2 unspecified atom stereocenters. The summed E-state index contributed by atoms with van der Waals surface area (Å²) in [4.78, 5) is 0. The van der Waals surface area contributed by atoms with Crippen LogP contribution in [0.1, 0.15) is 84.0 Å². The topological polar surface area (TPSA) is 0 Å². The van der Waals surface area contributed by atoms with Gasteiger partial charge in [0.1, 0.15) is 0 Å². The lowest BCUT2D eigenvalue weighted by Gasteiger charge is -2.22. The zero-order valence-electron chi connectivity index (χ0n) is 12.3. The highest BCUT2D eigenvalue weighted by Crippen LogP contribution is 2.45. The number of rotatable bonds is 9. The van der Waals surface area contributed by atoms with E-state index >= 15 is 0 Å². The molecule has 0 aliphatic heterocycles. The third kappa shape index (κ3) is 6.67. The van der Waals surface area contributed by atoms with E-state index in [-0.39, 0.29) is 5.92 Å². The van der Waals surface area contributed by atoms with Gasteiger partial charge in [0.05, 0.1) is 5.92 Å². The summed E-state index contributed by atoms with van der Waals surface area (Å²) < 4.78 is 38.3. The monoisotopic (exact) mass is 278 g/mol. The number of hydrogen-bond acceptors (Lipinski definition) is 0. The highest BCUT2D eigenvalue weighted by atomic mass is 19.4. The zero-order chi connectivity index (χ0) is 14.1. The van der Waals surface area contributed by atoms with Gasteiger partial charge in [0, 0.05) is 0 Å². The van der Waals surface area contributed by atoms with Gasteiger partial charge >= 0.3 is 6.18 Å². The molecular formula is C16H29F3. The number of hydrogen-bond donors (Lipinski definition) is 0. The molecule has 0 heterocycles. The molecule has 0 spiro atoms. The normalized spacial score (nSPS) is 24.0. The molecule has 2 atom stereocenters. The van der Waals surface area contributed by atoms with E-state index in [1.165, 1.54) is 38.5 Å². The second-order valence-corrected chi connectivity index (χ2v) is 6.10. The van der Waals surface area contributed by atoms with Crippen LogP contribution in [0.4, 0.5) is 13.2 Å². The van der Waals surface area contributed by atoms with Crippen molar-refractivity contribution in [2.24, 2.45) is 11.8 Å². The Morgan fingerprint density at radius 1 is 0.842 bits per heavy atom. The van der Waals surface area contributed by atoms with Crippen molar-refractivity contribution in [2.45, 2.75) is 90.1 Å². The van der Waals surface area contributed by atoms with Gasteiger partial charge in [0.2, 0.25) is 0 Å². The lowest BCUT2D eigenvalue weighted by molar-refractivity contribution is -0.184. The smallest absolute Gasteiger partial charge is 0.171 e. The minimum atomic E-state index is -3.96. The first-order valence-electron chi connectivity index (χ1n) is 8.12. The molecule has 0 bridgehead atoms. The summed E-state index contributed by atoms with van der Waals surface area (Å²) in [5, 5.41) is 0. The molecule has 1 rings (SSSR count). The van der Waals surface area contributed by atoms with Gasteiger partial charge < -0.3 is 0 Å². The fourth-order valence-electron chi connectivity index (χ4n) is 3.35. The molecule has 19 heavy (non-hydrogen) atoms. The van der Waals surface area contributed by atoms with Crippen molar-refractivity contribution in [3.05, 3.63) is 0 Å². The predicted octanol–water partition coefficient (Wildman–Crippen LogP) is 6.50. The third-order valence-electron chi connectivity index (χ3n) is 4.51. The summed E-state index contributed by atoms with van der Waals surface area (Å²) >= 11 is 0. The van der Waals surface area contributed by atoms with E-state index in [9.17, 15) is 13.2 Å². The molecule has 3 heteroatoms. The second kappa shape index (κ2) is 8.86. The summed E-state index contributed by atoms with van der Waals surface area (Å²) in [6, 6.07) is 0. The van der Waals surface area contributed by atoms with Crippen molar-refractivity contribution in [3.8, 4) is 0 Å². The molecule has 0 nitrogen and oxygen atoms in total. The maximum absolute atomic E-state index is 12.8. The molecule has 0 aromatic rings. The SMILES string of the molecule is CCCCCCCCCCC1CCCC1C(F)(F)F. The van der Waals surface area contributed by atoms with Crippen LogP contribution in [0.15, 0.2) is 0 Å². The summed E-state index contributed by atoms with van der Waals surface area (Å²) in [6.45, 7) is 2.21. The van der Waals surface area contributed by atoms with Crippen LogP contribution in [0.2, 0.25) is 0 Å². The molecule has 0 aromatic carbocycles. The molecule has 1 aliphatic rings. The van der Waals surface area contributed by atoms with E-state index in [1.807, 2.05) is 0 Å². The van der Waals surface area contributed by atoms with Gasteiger partial charge in [-0.05, 0) is 25.2 Å². The van der Waals surface area contributed by atoms with Gasteiger partial charge in [0.15, 0.2) is 0 Å². The second-order valence-electron chi connectivity index (χ2n) is 6.10. The maximum atomic E-state index is 12.8. The van der Waals surface area contributed by atoms with Crippen molar-refractivity contribution >= 4 is 0 Å². The van der Waals surface area contributed by atoms with Gasteiger partial charge in [-0.1, -0.05) is 64.7 Å². The zero-order valence-corrected chi connectivity index (χ0v) is 12.3. The van der Waals surface area contributed by atoms with Gasteiger partial charge in [-0.25, -0.2) is 0 Å². The van der Waals surface area contributed by atoms with E-state index in [4.69, 9.17) is 0 Å². The standard InChI is InChI=1S/C16H29F3/c1-2-3-4-5-6-7-8-9-11-14-12-10-13-15(14)16(17,18)19/h14-15H,2-13H2,1H3. The van der Waals surface area contributed by atoms with Crippen LogP contribution in [-0.2, 0) is 0 Å². The summed E-state index contributed by atoms with van der Waals surface area (Å²) in [5.41, 5.74) is 0. The lowest BCUT2D eigenvalue weighted by Crippen LogP contribution is -2.26. The molecule has 1 aliphatic carbocycles. The fourth-order valence-corrected chi connectivity index (χ4v) is 3.35. The fraction of sp³-hybridized carbons (Fsp3) is 1.00. The van der Waals surface area contributed by atoms with Crippen LogP contribution in [0.25, 0.3) is 0 Å². The quantitative estimate of drug-likeness (QED) is 0.422. The van der Waals surface area contributed by atoms with E-state index in [2.05, 4.69) is 6.92 Å². The van der Waals surface area contributed by atoms with E-state index in [0.29, 0.717) is 6.42 Å². The van der Waals surface area contributed by atoms with Gasteiger partial charge in [-0.2, -0.15) is 13.2 Å². The van der Waals surface area contributed by atoms with Crippen LogP contribution >= 0.6 is 0 Å². The van der Waals surface area contributed by atoms with Crippen molar-refractivity contribution in [3.63, 3.8) is 0 Å². The molecule has 1 saturated carbocycles. The first-order valence-corrected chi connectivity index (χ1v) is 8.12. The maximum Gasteiger partial charge on any atom is 0.392 e. The molecule has 0 N–H and O–H groups in total. The van der Waals surface area contributed by atoms with Crippen molar-refractivity contribution in [2.75, 3.05) is 0 Å². The van der Waals surface area contributed by atoms with E-state index in [1.54, 1.807) is 0 Å². The van der Waals surface area contributed by atoms with E-state index in [0.717, 1.165) is 32.1 Å². The Hall–Kier alpha value is -0.210. The molecule has 0 amide bonds. The molecule has 0 aromatic heterocycles. The van der Waals surface area contributed by atoms with Crippen LogP contribution in [-0.4, -0.2) is 6.18 Å². The van der Waals surface area contributed by atoms with Crippen LogP contribution in [0.3, 0.4) is 0 Å². The van der Waals surface area contributed by atoms with Gasteiger partial charge in [-0.15, -0.1) is 0 Å². The lowest BCUT2D eigenvalue weighted by atomic mass is 9.90. The molecule has 0 radical (unpaired) electrons. The van der Waals surface area contributed by atoms with Crippen LogP contribution in [0, 0.1) is 11.8 Å². The van der Waals surface area contributed by atoms with Crippen LogP contribution < -0.4 is 0 Å². The Morgan fingerprint density at radius 3 is 2.00 bits per heavy atom. The summed E-state index contributed by atoms with van der Waals surface area (Å²) in [6.07, 6.45) is 8.52. The van der Waals surface area contributed by atoms with Gasteiger partial charge in [-0.3, -0.25) is 0 Å². The Balaban J connectivity index is 2.03. The van der Waals surface area contributed by atoms with Crippen molar-refractivity contribution in [1.82, 2.24) is 0 Å². The van der Waals surface area contributed by atoms with Crippen molar-refractivity contribution in [1.29, 1.82) is 0 Å². The minimum Gasteiger partial charge on any atom is -0.171 e. The Kier molecular flexibility index (Phi) is 7.86. The highest BCUT2D eigenvalue weighted by Gasteiger charge is 2.46.